The van der Waals surface area contributed by atoms with Crippen LogP contribution in [0, 0.1) is 0 Å². The average Bonchev–Trinajstić information content (AvgIpc) is 3.17. The molecule has 0 bridgehead atoms. The number of rotatable bonds is 13. The molecule has 0 aromatic heterocycles. The molecule has 1 heterocycles. The van der Waals surface area contributed by atoms with E-state index in [1.165, 1.54) is 0 Å². The Kier molecular flexibility index (Phi) is 10.9. The van der Waals surface area contributed by atoms with Crippen molar-refractivity contribution in [2.24, 2.45) is 10.2 Å². The van der Waals surface area contributed by atoms with Gasteiger partial charge in [0.25, 0.3) is 5.91 Å². The van der Waals surface area contributed by atoms with Crippen LogP contribution < -0.4 is 9.84 Å². The van der Waals surface area contributed by atoms with Gasteiger partial charge in [0.1, 0.15) is 5.75 Å². The quantitative estimate of drug-likeness (QED) is 0.135. The van der Waals surface area contributed by atoms with E-state index in [2.05, 4.69) is 15.5 Å². The lowest BCUT2D eigenvalue weighted by Gasteiger charge is -2.22. The SMILES string of the molecule is CCOP(=S)(OCC)O/C(=N/N=C1\C(=O)Nc2ccccc21)c1ccc(OP(=S)(OCC)OCC)cc1. The van der Waals surface area contributed by atoms with Crippen LogP contribution in [-0.4, -0.2) is 43.9 Å². The second-order valence-electron chi connectivity index (χ2n) is 7.13. The van der Waals surface area contributed by atoms with E-state index in [4.69, 9.17) is 50.8 Å². The van der Waals surface area contributed by atoms with Crippen molar-refractivity contribution in [3.8, 4) is 5.75 Å². The number of para-hydroxylation sites is 1. The normalized spacial score (nSPS) is 15.0. The first-order valence-corrected chi connectivity index (χ1v) is 16.7. The van der Waals surface area contributed by atoms with E-state index in [1.54, 1.807) is 50.2 Å². The van der Waals surface area contributed by atoms with E-state index in [0.29, 0.717) is 35.8 Å². The Labute approximate surface area is 226 Å². The van der Waals surface area contributed by atoms with Gasteiger partial charge in [0.05, 0.1) is 32.1 Å². The lowest BCUT2D eigenvalue weighted by atomic mass is 10.1. The number of hydrogen-bond acceptors (Lipinski definition) is 11. The highest BCUT2D eigenvalue weighted by molar-refractivity contribution is 8.08. The summed E-state index contributed by atoms with van der Waals surface area (Å²) in [4.78, 5) is 12.5. The van der Waals surface area contributed by atoms with Gasteiger partial charge in [0.15, 0.2) is 5.71 Å². The molecule has 0 aliphatic carbocycles. The summed E-state index contributed by atoms with van der Waals surface area (Å²) in [5.74, 6) is 0.0907. The molecular weight excluding hydrogens is 556 g/mol. The summed E-state index contributed by atoms with van der Waals surface area (Å²) in [6.07, 6.45) is 0. The van der Waals surface area contributed by atoms with Gasteiger partial charge in [0, 0.05) is 34.7 Å². The molecule has 3 rings (SSSR count). The van der Waals surface area contributed by atoms with Gasteiger partial charge in [-0.25, -0.2) is 0 Å². The fourth-order valence-corrected chi connectivity index (χ4v) is 7.22. The highest BCUT2D eigenvalue weighted by Crippen LogP contribution is 2.51. The highest BCUT2D eigenvalue weighted by Gasteiger charge is 2.28. The summed E-state index contributed by atoms with van der Waals surface area (Å²) in [7, 11) is 0. The number of hydrogen-bond donors (Lipinski definition) is 1. The molecule has 1 aliphatic rings. The summed E-state index contributed by atoms with van der Waals surface area (Å²) < 4.78 is 34.2. The molecule has 2 aromatic rings. The van der Waals surface area contributed by atoms with Crippen molar-refractivity contribution < 1.29 is 31.9 Å². The lowest BCUT2D eigenvalue weighted by molar-refractivity contribution is -0.110. The third-order valence-electron chi connectivity index (χ3n) is 4.55. The third-order valence-corrected chi connectivity index (χ3v) is 9.39. The Bertz CT molecular complexity index is 1240. The second-order valence-corrected chi connectivity index (χ2v) is 13.0. The minimum atomic E-state index is -3.20. The number of anilines is 1. The van der Waals surface area contributed by atoms with Crippen LogP contribution in [0.15, 0.2) is 58.7 Å². The van der Waals surface area contributed by atoms with Crippen molar-refractivity contribution in [3.63, 3.8) is 0 Å². The van der Waals surface area contributed by atoms with Gasteiger partial charge < -0.3 is 14.4 Å². The predicted octanol–water partition coefficient (Wildman–Crippen LogP) is 5.78. The maximum Gasteiger partial charge on any atom is 0.381 e. The van der Waals surface area contributed by atoms with Gasteiger partial charge in [-0.3, -0.25) is 22.9 Å². The molecule has 37 heavy (non-hydrogen) atoms. The van der Waals surface area contributed by atoms with Crippen molar-refractivity contribution >= 4 is 60.3 Å². The second kappa shape index (κ2) is 13.7. The number of nitrogens with one attached hydrogen (secondary N) is 1. The standard InChI is InChI=1S/C23H29N3O7P2S2/c1-5-28-34(36,29-6-2)32-18-15-13-17(14-16-18)23(33-35(37,30-7-3)31-8-4)26-25-21-19-11-9-10-12-20(19)24-22(21)27/h9-16H,5-8H2,1-4H3,(H,24,25,27)/b26-23+. The fraction of sp³-hybridized carbons (Fsp3) is 0.348. The monoisotopic (exact) mass is 585 g/mol. The predicted molar refractivity (Wildman–Crippen MR) is 151 cm³/mol. The smallest absolute Gasteiger partial charge is 0.381 e. The molecular formula is C23H29N3O7P2S2. The van der Waals surface area contributed by atoms with Crippen molar-refractivity contribution in [2.75, 3.05) is 31.7 Å². The van der Waals surface area contributed by atoms with Gasteiger partial charge in [-0.05, 0) is 58.0 Å². The molecule has 1 amide bonds. The molecule has 0 saturated heterocycles. The lowest BCUT2D eigenvalue weighted by Crippen LogP contribution is -2.15. The van der Waals surface area contributed by atoms with Crippen molar-refractivity contribution in [1.29, 1.82) is 0 Å². The molecule has 0 spiro atoms. The van der Waals surface area contributed by atoms with Gasteiger partial charge in [-0.1, -0.05) is 18.2 Å². The fourth-order valence-electron chi connectivity index (χ4n) is 3.13. The maximum atomic E-state index is 12.5. The number of fused-ring (bicyclic) bond motifs is 1. The van der Waals surface area contributed by atoms with Crippen LogP contribution in [0.1, 0.15) is 38.8 Å². The largest absolute Gasteiger partial charge is 0.424 e. The van der Waals surface area contributed by atoms with E-state index in [-0.39, 0.29) is 30.7 Å². The van der Waals surface area contributed by atoms with Crippen LogP contribution in [0.2, 0.25) is 0 Å². The number of nitrogens with zero attached hydrogens (tertiary/aromatic N) is 2. The van der Waals surface area contributed by atoms with Crippen LogP contribution in [0.25, 0.3) is 0 Å². The Morgan fingerprint density at radius 2 is 1.41 bits per heavy atom. The molecule has 1 N–H and O–H groups in total. The molecule has 0 unspecified atom stereocenters. The zero-order valence-corrected chi connectivity index (χ0v) is 24.3. The Hall–Kier alpha value is -2.01. The maximum absolute atomic E-state index is 12.5. The van der Waals surface area contributed by atoms with E-state index in [9.17, 15) is 4.79 Å². The van der Waals surface area contributed by atoms with Crippen LogP contribution in [-0.2, 0) is 51.0 Å². The van der Waals surface area contributed by atoms with Gasteiger partial charge in [-0.2, -0.15) is 0 Å². The van der Waals surface area contributed by atoms with Crippen LogP contribution in [0.3, 0.4) is 0 Å². The molecule has 0 fully saturated rings. The minimum Gasteiger partial charge on any atom is -0.424 e. The zero-order valence-electron chi connectivity index (χ0n) is 20.9. The van der Waals surface area contributed by atoms with E-state index >= 15 is 0 Å². The number of amides is 1. The Morgan fingerprint density at radius 3 is 2.00 bits per heavy atom. The van der Waals surface area contributed by atoms with Crippen molar-refractivity contribution in [1.82, 2.24) is 0 Å². The van der Waals surface area contributed by atoms with Gasteiger partial charge in [-0.15, -0.1) is 10.2 Å². The molecule has 0 saturated carbocycles. The molecule has 200 valence electrons. The molecule has 0 radical (unpaired) electrons. The van der Waals surface area contributed by atoms with Crippen LogP contribution in [0.5, 0.6) is 5.75 Å². The molecule has 10 nitrogen and oxygen atoms in total. The highest BCUT2D eigenvalue weighted by atomic mass is 32.5. The van der Waals surface area contributed by atoms with Gasteiger partial charge in [0.2, 0.25) is 5.90 Å². The van der Waals surface area contributed by atoms with E-state index in [1.807, 2.05) is 26.0 Å². The number of carbonyl (C=O) groups is 1. The first-order valence-electron chi connectivity index (χ1n) is 11.6. The topological polar surface area (TPSA) is 109 Å². The Balaban J connectivity index is 1.98. The number of carbonyl (C=O) groups excluding carboxylic acids is 1. The summed E-state index contributed by atoms with van der Waals surface area (Å²) in [5.41, 5.74) is 1.93. The van der Waals surface area contributed by atoms with Crippen LogP contribution in [0.4, 0.5) is 5.69 Å². The number of benzene rings is 2. The van der Waals surface area contributed by atoms with E-state index < -0.39 is 13.4 Å². The van der Waals surface area contributed by atoms with Crippen LogP contribution >= 0.6 is 13.4 Å². The molecule has 0 atom stereocenters. The average molecular weight is 586 g/mol. The van der Waals surface area contributed by atoms with Crippen molar-refractivity contribution in [3.05, 3.63) is 59.7 Å². The third kappa shape index (κ3) is 7.99. The summed E-state index contributed by atoms with van der Waals surface area (Å²) in [6.45, 7) is 2.34. The molecule has 2 aromatic carbocycles. The first-order chi connectivity index (χ1) is 17.8. The molecule has 1 aliphatic heterocycles. The first kappa shape index (κ1) is 29.5. The minimum absolute atomic E-state index is 0.0236. The summed E-state index contributed by atoms with van der Waals surface area (Å²) in [6, 6.07) is 13.9. The summed E-state index contributed by atoms with van der Waals surface area (Å²) in [5, 5.41) is 11.2. The Morgan fingerprint density at radius 1 is 0.838 bits per heavy atom. The van der Waals surface area contributed by atoms with Crippen molar-refractivity contribution in [2.45, 2.75) is 27.7 Å². The zero-order chi connectivity index (χ0) is 26.9. The summed E-state index contributed by atoms with van der Waals surface area (Å²) >= 11 is 11.0. The molecule has 14 heteroatoms. The van der Waals surface area contributed by atoms with Gasteiger partial charge >= 0.3 is 13.4 Å². The van der Waals surface area contributed by atoms with E-state index in [0.717, 1.165) is 0 Å².